The van der Waals surface area contributed by atoms with Gasteiger partial charge in [-0.15, -0.1) is 11.3 Å². The highest BCUT2D eigenvalue weighted by atomic mass is 32.1. The van der Waals surface area contributed by atoms with Crippen LogP contribution in [0.4, 0.5) is 5.69 Å². The summed E-state index contributed by atoms with van der Waals surface area (Å²) >= 11 is 1.63. The maximum atomic E-state index is 12.7. The van der Waals surface area contributed by atoms with Crippen LogP contribution in [-0.4, -0.2) is 15.9 Å². The molecule has 5 rings (SSSR count). The van der Waals surface area contributed by atoms with E-state index in [0.29, 0.717) is 5.57 Å². The molecule has 1 aliphatic heterocycles. The number of H-pyrrole nitrogens is 1. The highest BCUT2D eigenvalue weighted by Crippen LogP contribution is 2.37. The molecule has 4 nitrogen and oxygen atoms in total. The SMILES string of the molecule is Cc1[nH]c(/C=C2\C(=O)Nc3ccc(-c4csc(-c5ccccc5)n4)cc32)c(C)c1C. The molecule has 2 aromatic carbocycles. The van der Waals surface area contributed by atoms with E-state index in [1.54, 1.807) is 11.3 Å². The zero-order valence-electron chi connectivity index (χ0n) is 17.0. The van der Waals surface area contributed by atoms with Gasteiger partial charge in [-0.2, -0.15) is 0 Å². The number of benzene rings is 2. The molecular formula is C25H21N3OS. The van der Waals surface area contributed by atoms with E-state index < -0.39 is 0 Å². The van der Waals surface area contributed by atoms with E-state index in [9.17, 15) is 4.79 Å². The number of aromatic amines is 1. The number of hydrogen-bond donors (Lipinski definition) is 2. The summed E-state index contributed by atoms with van der Waals surface area (Å²) in [5.74, 6) is -0.0743. The standard InChI is InChI=1S/C25H21N3OS/c1-14-15(2)22(26-16(14)3)12-20-19-11-18(9-10-21(19)27-24(20)29)23-13-30-25(28-23)17-7-5-4-6-8-17/h4-13,26H,1-3H3,(H,27,29)/b20-12-. The van der Waals surface area contributed by atoms with Gasteiger partial charge >= 0.3 is 0 Å². The highest BCUT2D eigenvalue weighted by molar-refractivity contribution is 7.13. The zero-order chi connectivity index (χ0) is 20.8. The van der Waals surface area contributed by atoms with Gasteiger partial charge in [-0.05, 0) is 50.1 Å². The lowest BCUT2D eigenvalue weighted by Gasteiger charge is -2.03. The van der Waals surface area contributed by atoms with E-state index in [2.05, 4.69) is 54.7 Å². The van der Waals surface area contributed by atoms with Crippen LogP contribution in [0.5, 0.6) is 0 Å². The molecule has 4 aromatic rings. The first-order valence-electron chi connectivity index (χ1n) is 9.86. The Hall–Kier alpha value is -3.44. The fraction of sp³-hybridized carbons (Fsp3) is 0.120. The number of carbonyl (C=O) groups is 1. The number of hydrogen-bond acceptors (Lipinski definition) is 3. The monoisotopic (exact) mass is 411 g/mol. The molecular weight excluding hydrogens is 390 g/mol. The van der Waals surface area contributed by atoms with Crippen molar-refractivity contribution in [1.29, 1.82) is 0 Å². The molecule has 0 fully saturated rings. The Morgan fingerprint density at radius 3 is 2.50 bits per heavy atom. The first-order valence-corrected chi connectivity index (χ1v) is 10.7. The number of thiazole rings is 1. The second-order valence-corrected chi connectivity index (χ2v) is 8.45. The lowest BCUT2D eigenvalue weighted by molar-refractivity contribution is -0.110. The smallest absolute Gasteiger partial charge is 0.256 e. The number of anilines is 1. The predicted molar refractivity (Wildman–Crippen MR) is 124 cm³/mol. The Morgan fingerprint density at radius 2 is 1.77 bits per heavy atom. The average Bonchev–Trinajstić information content (AvgIpc) is 3.43. The topological polar surface area (TPSA) is 57.8 Å². The largest absolute Gasteiger partial charge is 0.359 e. The lowest BCUT2D eigenvalue weighted by Crippen LogP contribution is -2.03. The zero-order valence-corrected chi connectivity index (χ0v) is 17.9. The average molecular weight is 412 g/mol. The molecule has 5 heteroatoms. The van der Waals surface area contributed by atoms with Crippen molar-refractivity contribution < 1.29 is 4.79 Å². The Bertz CT molecular complexity index is 1310. The normalized spacial score (nSPS) is 14.2. The minimum atomic E-state index is -0.0743. The molecule has 30 heavy (non-hydrogen) atoms. The molecule has 1 aliphatic rings. The van der Waals surface area contributed by atoms with Crippen molar-refractivity contribution in [2.45, 2.75) is 20.8 Å². The first kappa shape index (κ1) is 18.6. The van der Waals surface area contributed by atoms with E-state index in [-0.39, 0.29) is 5.91 Å². The number of aromatic nitrogens is 2. The van der Waals surface area contributed by atoms with Crippen LogP contribution in [0.15, 0.2) is 53.9 Å². The molecule has 0 spiro atoms. The van der Waals surface area contributed by atoms with Crippen LogP contribution >= 0.6 is 11.3 Å². The molecule has 148 valence electrons. The van der Waals surface area contributed by atoms with Crippen molar-refractivity contribution in [3.05, 3.63) is 82.0 Å². The van der Waals surface area contributed by atoms with Gasteiger partial charge in [0.15, 0.2) is 0 Å². The van der Waals surface area contributed by atoms with E-state index in [4.69, 9.17) is 4.98 Å². The number of nitrogens with zero attached hydrogens (tertiary/aromatic N) is 1. The number of carbonyl (C=O) groups excluding carboxylic acids is 1. The minimum absolute atomic E-state index is 0.0743. The van der Waals surface area contributed by atoms with Crippen molar-refractivity contribution in [2.75, 3.05) is 5.32 Å². The van der Waals surface area contributed by atoms with Crippen molar-refractivity contribution in [3.8, 4) is 21.8 Å². The van der Waals surface area contributed by atoms with Gasteiger partial charge < -0.3 is 10.3 Å². The molecule has 3 heterocycles. The summed E-state index contributed by atoms with van der Waals surface area (Å²) in [6, 6.07) is 16.2. The van der Waals surface area contributed by atoms with Crippen LogP contribution < -0.4 is 5.32 Å². The predicted octanol–water partition coefficient (Wildman–Crippen LogP) is 6.22. The third kappa shape index (κ3) is 3.08. The van der Waals surface area contributed by atoms with Crippen LogP contribution in [0.2, 0.25) is 0 Å². The second kappa shape index (κ2) is 7.11. The summed E-state index contributed by atoms with van der Waals surface area (Å²) in [7, 11) is 0. The van der Waals surface area contributed by atoms with E-state index >= 15 is 0 Å². The second-order valence-electron chi connectivity index (χ2n) is 7.59. The first-order chi connectivity index (χ1) is 14.5. The molecule has 2 N–H and O–H groups in total. The maximum absolute atomic E-state index is 12.7. The molecule has 0 radical (unpaired) electrons. The summed E-state index contributed by atoms with van der Waals surface area (Å²) in [6.07, 6.45) is 1.96. The van der Waals surface area contributed by atoms with E-state index in [0.717, 1.165) is 44.5 Å². The van der Waals surface area contributed by atoms with Gasteiger partial charge in [0.1, 0.15) is 5.01 Å². The van der Waals surface area contributed by atoms with Gasteiger partial charge in [0.05, 0.1) is 11.3 Å². The van der Waals surface area contributed by atoms with Gasteiger partial charge in [0.25, 0.3) is 5.91 Å². The van der Waals surface area contributed by atoms with Crippen molar-refractivity contribution in [2.24, 2.45) is 0 Å². The van der Waals surface area contributed by atoms with Gasteiger partial charge in [-0.1, -0.05) is 36.4 Å². The fourth-order valence-corrected chi connectivity index (χ4v) is 4.61. The molecule has 0 saturated heterocycles. The fourth-order valence-electron chi connectivity index (χ4n) is 3.77. The molecule has 0 bridgehead atoms. The number of aryl methyl sites for hydroxylation is 1. The highest BCUT2D eigenvalue weighted by Gasteiger charge is 2.25. The molecule has 1 amide bonds. The van der Waals surface area contributed by atoms with Crippen molar-refractivity contribution in [1.82, 2.24) is 9.97 Å². The van der Waals surface area contributed by atoms with Crippen LogP contribution in [0.25, 0.3) is 33.5 Å². The summed E-state index contributed by atoms with van der Waals surface area (Å²) in [6.45, 7) is 6.23. The number of amides is 1. The lowest BCUT2D eigenvalue weighted by atomic mass is 10.0. The summed E-state index contributed by atoms with van der Waals surface area (Å²) < 4.78 is 0. The summed E-state index contributed by atoms with van der Waals surface area (Å²) in [5, 5.41) is 6.04. The van der Waals surface area contributed by atoms with Crippen LogP contribution in [0.3, 0.4) is 0 Å². The number of rotatable bonds is 3. The molecule has 0 aliphatic carbocycles. The van der Waals surface area contributed by atoms with Gasteiger partial charge in [-0.25, -0.2) is 4.98 Å². The third-order valence-electron chi connectivity index (χ3n) is 5.76. The van der Waals surface area contributed by atoms with Crippen LogP contribution in [0, 0.1) is 20.8 Å². The Labute approximate surface area is 179 Å². The molecule has 2 aromatic heterocycles. The number of fused-ring (bicyclic) bond motifs is 1. The Morgan fingerprint density at radius 1 is 0.967 bits per heavy atom. The third-order valence-corrected chi connectivity index (χ3v) is 6.65. The van der Waals surface area contributed by atoms with Crippen LogP contribution in [0.1, 0.15) is 28.1 Å². The van der Waals surface area contributed by atoms with Gasteiger partial charge in [-0.3, -0.25) is 4.79 Å². The Balaban J connectivity index is 1.55. The van der Waals surface area contributed by atoms with E-state index in [1.165, 1.54) is 11.1 Å². The molecule has 0 atom stereocenters. The Kier molecular flexibility index (Phi) is 4.40. The molecule has 0 saturated carbocycles. The number of nitrogens with one attached hydrogen (secondary N) is 2. The van der Waals surface area contributed by atoms with Gasteiger partial charge in [0.2, 0.25) is 0 Å². The van der Waals surface area contributed by atoms with Crippen molar-refractivity contribution in [3.63, 3.8) is 0 Å². The summed E-state index contributed by atoms with van der Waals surface area (Å²) in [4.78, 5) is 20.9. The quantitative estimate of drug-likeness (QED) is 0.393. The van der Waals surface area contributed by atoms with E-state index in [1.807, 2.05) is 36.4 Å². The van der Waals surface area contributed by atoms with Crippen molar-refractivity contribution >= 4 is 34.6 Å². The molecule has 0 unspecified atom stereocenters. The minimum Gasteiger partial charge on any atom is -0.359 e. The summed E-state index contributed by atoms with van der Waals surface area (Å²) in [5.41, 5.74) is 9.97. The maximum Gasteiger partial charge on any atom is 0.256 e. The van der Waals surface area contributed by atoms with Crippen LogP contribution in [-0.2, 0) is 4.79 Å². The van der Waals surface area contributed by atoms with Gasteiger partial charge in [0, 0.05) is 39.1 Å².